The highest BCUT2D eigenvalue weighted by molar-refractivity contribution is 5.85. The van der Waals surface area contributed by atoms with Gasteiger partial charge in [-0.25, -0.2) is 0 Å². The lowest BCUT2D eigenvalue weighted by Crippen LogP contribution is -2.47. The molecule has 0 aromatic heterocycles. The van der Waals surface area contributed by atoms with E-state index in [2.05, 4.69) is 34.5 Å². The lowest BCUT2D eigenvalue weighted by Gasteiger charge is -2.43. The molecule has 1 N–H and O–H groups in total. The molecule has 0 radical (unpaired) electrons. The second-order valence-electron chi connectivity index (χ2n) is 5.66. The third-order valence-electron chi connectivity index (χ3n) is 4.60. The molecule has 3 nitrogen and oxygen atoms in total. The molecule has 1 aliphatic carbocycles. The Morgan fingerprint density at radius 1 is 1.14 bits per heavy atom. The number of benzene rings is 1. The standard InChI is InChI=1S/C16H24N2O.2ClH/c1-19-15-8-3-2-7-14(15)16(13-5-4-6-13)18-11-9-17-10-12-18;;/h2-3,7-8,13,16-17H,4-6,9-12H2,1H3;2*1H/t16-;;/m0../s1. The molecule has 1 aliphatic heterocycles. The number of methoxy groups -OCH3 is 1. The van der Waals surface area contributed by atoms with Gasteiger partial charge in [0.15, 0.2) is 0 Å². The van der Waals surface area contributed by atoms with E-state index < -0.39 is 0 Å². The van der Waals surface area contributed by atoms with E-state index in [4.69, 9.17) is 4.74 Å². The lowest BCUT2D eigenvalue weighted by atomic mass is 9.76. The topological polar surface area (TPSA) is 24.5 Å². The lowest BCUT2D eigenvalue weighted by molar-refractivity contribution is 0.0818. The summed E-state index contributed by atoms with van der Waals surface area (Å²) in [6.45, 7) is 4.52. The predicted octanol–water partition coefficient (Wildman–Crippen LogP) is 3.29. The fourth-order valence-corrected chi connectivity index (χ4v) is 3.38. The molecule has 5 heteroatoms. The van der Waals surface area contributed by atoms with Gasteiger partial charge in [0.2, 0.25) is 0 Å². The van der Waals surface area contributed by atoms with Crippen LogP contribution < -0.4 is 10.1 Å². The van der Waals surface area contributed by atoms with E-state index in [0.717, 1.165) is 37.8 Å². The van der Waals surface area contributed by atoms with Crippen LogP contribution in [0.25, 0.3) is 0 Å². The van der Waals surface area contributed by atoms with Crippen LogP contribution in [0.15, 0.2) is 24.3 Å². The van der Waals surface area contributed by atoms with E-state index in [9.17, 15) is 0 Å². The number of nitrogens with zero attached hydrogens (tertiary/aromatic N) is 1. The molecule has 1 atom stereocenters. The molecule has 1 aromatic carbocycles. The first-order chi connectivity index (χ1) is 9.40. The molecule has 1 saturated carbocycles. The van der Waals surface area contributed by atoms with Gasteiger partial charge >= 0.3 is 0 Å². The van der Waals surface area contributed by atoms with Crippen molar-refractivity contribution in [1.82, 2.24) is 10.2 Å². The largest absolute Gasteiger partial charge is 0.496 e. The van der Waals surface area contributed by atoms with Gasteiger partial charge in [0, 0.05) is 37.8 Å². The van der Waals surface area contributed by atoms with Crippen LogP contribution in [-0.2, 0) is 0 Å². The highest BCUT2D eigenvalue weighted by Crippen LogP contribution is 2.44. The third-order valence-corrected chi connectivity index (χ3v) is 4.60. The first kappa shape index (κ1) is 18.6. The molecule has 0 spiro atoms. The summed E-state index contributed by atoms with van der Waals surface area (Å²) in [5, 5.41) is 3.45. The van der Waals surface area contributed by atoms with Crippen molar-refractivity contribution in [3.8, 4) is 5.75 Å². The van der Waals surface area contributed by atoms with Crippen molar-refractivity contribution in [3.63, 3.8) is 0 Å². The van der Waals surface area contributed by atoms with Crippen molar-refractivity contribution in [2.24, 2.45) is 5.92 Å². The molecular formula is C16H26Cl2N2O. The smallest absolute Gasteiger partial charge is 0.123 e. The van der Waals surface area contributed by atoms with Crippen molar-refractivity contribution < 1.29 is 4.74 Å². The minimum Gasteiger partial charge on any atom is -0.496 e. The van der Waals surface area contributed by atoms with Gasteiger partial charge in [-0.3, -0.25) is 4.90 Å². The minimum atomic E-state index is 0. The number of hydrogen-bond acceptors (Lipinski definition) is 3. The second-order valence-corrected chi connectivity index (χ2v) is 5.66. The zero-order chi connectivity index (χ0) is 13.1. The monoisotopic (exact) mass is 332 g/mol. The Bertz CT molecular complexity index is 420. The van der Waals surface area contributed by atoms with E-state index in [1.807, 2.05) is 0 Å². The Balaban J connectivity index is 0.00000110. The number of rotatable bonds is 4. The maximum absolute atomic E-state index is 5.59. The number of hydrogen-bond donors (Lipinski definition) is 1. The fourth-order valence-electron chi connectivity index (χ4n) is 3.38. The molecule has 1 saturated heterocycles. The van der Waals surface area contributed by atoms with E-state index in [-0.39, 0.29) is 24.8 Å². The quantitative estimate of drug-likeness (QED) is 0.915. The normalized spacial score (nSPS) is 20.6. The van der Waals surface area contributed by atoms with Gasteiger partial charge < -0.3 is 10.1 Å². The number of halogens is 2. The van der Waals surface area contributed by atoms with Crippen LogP contribution >= 0.6 is 24.8 Å². The first-order valence-electron chi connectivity index (χ1n) is 7.48. The molecule has 0 bridgehead atoms. The molecule has 2 aliphatic rings. The predicted molar refractivity (Wildman–Crippen MR) is 92.0 cm³/mol. The number of para-hydroxylation sites is 1. The van der Waals surface area contributed by atoms with Crippen LogP contribution in [0.4, 0.5) is 0 Å². The van der Waals surface area contributed by atoms with Gasteiger partial charge in [0.1, 0.15) is 5.75 Å². The molecule has 2 fully saturated rings. The number of piperazine rings is 1. The second kappa shape index (κ2) is 8.84. The molecule has 120 valence electrons. The van der Waals surface area contributed by atoms with Crippen molar-refractivity contribution in [2.75, 3.05) is 33.3 Å². The van der Waals surface area contributed by atoms with E-state index in [0.29, 0.717) is 6.04 Å². The van der Waals surface area contributed by atoms with E-state index in [1.165, 1.54) is 24.8 Å². The average molecular weight is 333 g/mol. The van der Waals surface area contributed by atoms with Gasteiger partial charge in [-0.15, -0.1) is 24.8 Å². The van der Waals surface area contributed by atoms with Crippen LogP contribution in [0.5, 0.6) is 5.75 Å². The Morgan fingerprint density at radius 2 is 1.81 bits per heavy atom. The van der Waals surface area contributed by atoms with Gasteiger partial charge in [0.25, 0.3) is 0 Å². The van der Waals surface area contributed by atoms with Gasteiger partial charge in [-0.1, -0.05) is 24.6 Å². The van der Waals surface area contributed by atoms with E-state index >= 15 is 0 Å². The highest BCUT2D eigenvalue weighted by Gasteiger charge is 2.34. The maximum atomic E-state index is 5.59. The molecule has 0 amide bonds. The van der Waals surface area contributed by atoms with Gasteiger partial charge in [0.05, 0.1) is 7.11 Å². The Morgan fingerprint density at radius 3 is 2.38 bits per heavy atom. The minimum absolute atomic E-state index is 0. The molecule has 1 heterocycles. The van der Waals surface area contributed by atoms with Crippen LogP contribution in [0.3, 0.4) is 0 Å². The number of ether oxygens (including phenoxy) is 1. The van der Waals surface area contributed by atoms with Gasteiger partial charge in [-0.05, 0) is 24.8 Å². The summed E-state index contributed by atoms with van der Waals surface area (Å²) < 4.78 is 5.59. The third kappa shape index (κ3) is 4.04. The zero-order valence-corrected chi connectivity index (χ0v) is 14.2. The molecule has 0 unspecified atom stereocenters. The summed E-state index contributed by atoms with van der Waals surface area (Å²) in [5.41, 5.74) is 1.39. The van der Waals surface area contributed by atoms with Crippen molar-refractivity contribution >= 4 is 24.8 Å². The van der Waals surface area contributed by atoms with Crippen LogP contribution in [-0.4, -0.2) is 38.2 Å². The van der Waals surface area contributed by atoms with Crippen LogP contribution in [0, 0.1) is 5.92 Å². The van der Waals surface area contributed by atoms with Crippen molar-refractivity contribution in [2.45, 2.75) is 25.3 Å². The molecule has 1 aromatic rings. The summed E-state index contributed by atoms with van der Waals surface area (Å²) in [6, 6.07) is 9.11. The molecule has 3 rings (SSSR count). The fraction of sp³-hybridized carbons (Fsp3) is 0.625. The summed E-state index contributed by atoms with van der Waals surface area (Å²) in [6.07, 6.45) is 4.13. The summed E-state index contributed by atoms with van der Waals surface area (Å²) in [4.78, 5) is 2.65. The first-order valence-corrected chi connectivity index (χ1v) is 7.48. The van der Waals surface area contributed by atoms with Gasteiger partial charge in [-0.2, -0.15) is 0 Å². The summed E-state index contributed by atoms with van der Waals surface area (Å²) in [7, 11) is 1.79. The summed E-state index contributed by atoms with van der Waals surface area (Å²) in [5.74, 6) is 1.87. The maximum Gasteiger partial charge on any atom is 0.123 e. The van der Waals surface area contributed by atoms with Crippen LogP contribution in [0.1, 0.15) is 30.9 Å². The number of nitrogens with one attached hydrogen (secondary N) is 1. The van der Waals surface area contributed by atoms with Crippen molar-refractivity contribution in [3.05, 3.63) is 29.8 Å². The zero-order valence-electron chi connectivity index (χ0n) is 12.6. The molecule has 21 heavy (non-hydrogen) atoms. The Hall–Kier alpha value is -0.480. The highest BCUT2D eigenvalue weighted by atomic mass is 35.5. The van der Waals surface area contributed by atoms with Crippen molar-refractivity contribution in [1.29, 1.82) is 0 Å². The SMILES string of the molecule is COc1ccccc1[C@H](C1CCC1)N1CCNCC1.Cl.Cl. The molecular weight excluding hydrogens is 307 g/mol. The van der Waals surface area contributed by atoms with E-state index in [1.54, 1.807) is 7.11 Å². The Labute approximate surface area is 140 Å². The average Bonchev–Trinajstić information content (AvgIpc) is 2.43. The Kier molecular flexibility index (Phi) is 7.82. The summed E-state index contributed by atoms with van der Waals surface area (Å²) >= 11 is 0. The van der Waals surface area contributed by atoms with Crippen LogP contribution in [0.2, 0.25) is 0 Å².